The van der Waals surface area contributed by atoms with E-state index in [4.69, 9.17) is 4.74 Å². The van der Waals surface area contributed by atoms with Crippen molar-refractivity contribution in [2.45, 2.75) is 6.42 Å². The molecule has 1 aromatic heterocycles. The number of nitrogens with zero attached hydrogens (tertiary/aromatic N) is 1. The van der Waals surface area contributed by atoms with Crippen LogP contribution in [0.5, 0.6) is 0 Å². The van der Waals surface area contributed by atoms with Crippen molar-refractivity contribution in [1.82, 2.24) is 4.90 Å². The van der Waals surface area contributed by atoms with Gasteiger partial charge in [-0.25, -0.2) is 0 Å². The standard InChI is InChI=1S/C10H13NO2S/c1-13-6-5-11-4-2-8-3-7-14-9(8)10(11)12/h3,7H,2,4-6H2,1H3. The summed E-state index contributed by atoms with van der Waals surface area (Å²) in [4.78, 5) is 14.6. The van der Waals surface area contributed by atoms with Crippen LogP contribution < -0.4 is 0 Å². The highest BCUT2D eigenvalue weighted by Crippen LogP contribution is 2.23. The van der Waals surface area contributed by atoms with Crippen molar-refractivity contribution in [3.8, 4) is 0 Å². The highest BCUT2D eigenvalue weighted by Gasteiger charge is 2.24. The maximum atomic E-state index is 11.9. The molecule has 0 N–H and O–H groups in total. The molecule has 76 valence electrons. The molecule has 0 aromatic carbocycles. The minimum atomic E-state index is 0.165. The van der Waals surface area contributed by atoms with E-state index in [1.165, 1.54) is 16.9 Å². The van der Waals surface area contributed by atoms with Crippen LogP contribution in [0.1, 0.15) is 15.2 Å². The molecule has 0 saturated heterocycles. The van der Waals surface area contributed by atoms with Crippen molar-refractivity contribution < 1.29 is 9.53 Å². The monoisotopic (exact) mass is 211 g/mol. The number of carbonyl (C=O) groups is 1. The van der Waals surface area contributed by atoms with Gasteiger partial charge in [0.05, 0.1) is 11.5 Å². The molecule has 0 unspecified atom stereocenters. The lowest BCUT2D eigenvalue weighted by Gasteiger charge is -2.26. The molecule has 0 spiro atoms. The summed E-state index contributed by atoms with van der Waals surface area (Å²) in [6.07, 6.45) is 0.980. The molecule has 4 heteroatoms. The van der Waals surface area contributed by atoms with Gasteiger partial charge in [-0.1, -0.05) is 0 Å². The van der Waals surface area contributed by atoms with Crippen molar-refractivity contribution >= 4 is 17.2 Å². The Kier molecular flexibility index (Phi) is 2.84. The van der Waals surface area contributed by atoms with Crippen molar-refractivity contribution in [2.24, 2.45) is 0 Å². The zero-order valence-electron chi connectivity index (χ0n) is 8.16. The Bertz CT molecular complexity index is 335. The number of rotatable bonds is 3. The molecule has 0 fully saturated rings. The fourth-order valence-electron chi connectivity index (χ4n) is 1.64. The zero-order chi connectivity index (χ0) is 9.97. The number of fused-ring (bicyclic) bond motifs is 1. The molecular weight excluding hydrogens is 198 g/mol. The predicted molar refractivity (Wildman–Crippen MR) is 55.8 cm³/mol. The van der Waals surface area contributed by atoms with E-state index in [0.29, 0.717) is 13.2 Å². The Hall–Kier alpha value is -0.870. The molecule has 0 saturated carbocycles. The molecule has 0 bridgehead atoms. The van der Waals surface area contributed by atoms with E-state index in [1.54, 1.807) is 7.11 Å². The van der Waals surface area contributed by atoms with Crippen LogP contribution in [0.15, 0.2) is 11.4 Å². The maximum absolute atomic E-state index is 11.9. The van der Waals surface area contributed by atoms with E-state index in [-0.39, 0.29) is 5.91 Å². The van der Waals surface area contributed by atoms with Crippen LogP contribution in [-0.4, -0.2) is 37.6 Å². The van der Waals surface area contributed by atoms with E-state index < -0.39 is 0 Å². The number of thiophene rings is 1. The van der Waals surface area contributed by atoms with E-state index in [0.717, 1.165) is 17.8 Å². The van der Waals surface area contributed by atoms with Gasteiger partial charge in [0.25, 0.3) is 5.91 Å². The van der Waals surface area contributed by atoms with Crippen molar-refractivity contribution in [2.75, 3.05) is 26.8 Å². The summed E-state index contributed by atoms with van der Waals surface area (Å²) in [6.45, 7) is 2.14. The largest absolute Gasteiger partial charge is 0.383 e. The van der Waals surface area contributed by atoms with Crippen molar-refractivity contribution in [3.63, 3.8) is 0 Å². The minimum Gasteiger partial charge on any atom is -0.383 e. The average Bonchev–Trinajstić information content (AvgIpc) is 2.66. The molecule has 0 radical (unpaired) electrons. The molecular formula is C10H13NO2S. The van der Waals surface area contributed by atoms with E-state index in [1.807, 2.05) is 16.3 Å². The second-order valence-corrected chi connectivity index (χ2v) is 4.23. The molecule has 1 aromatic rings. The Balaban J connectivity index is 2.09. The summed E-state index contributed by atoms with van der Waals surface area (Å²) in [5, 5.41) is 1.99. The van der Waals surface area contributed by atoms with E-state index >= 15 is 0 Å². The second kappa shape index (κ2) is 4.11. The third kappa shape index (κ3) is 1.67. The van der Waals surface area contributed by atoms with E-state index in [2.05, 4.69) is 0 Å². The number of amides is 1. The van der Waals surface area contributed by atoms with Gasteiger partial charge in [-0.05, 0) is 23.4 Å². The van der Waals surface area contributed by atoms with E-state index in [9.17, 15) is 4.79 Å². The van der Waals surface area contributed by atoms with Gasteiger partial charge < -0.3 is 9.64 Å². The van der Waals surface area contributed by atoms with Crippen LogP contribution in [-0.2, 0) is 11.2 Å². The second-order valence-electron chi connectivity index (χ2n) is 3.31. The number of ether oxygens (including phenoxy) is 1. The van der Waals surface area contributed by atoms with Crippen LogP contribution >= 0.6 is 11.3 Å². The SMILES string of the molecule is COCCN1CCc2ccsc2C1=O. The molecule has 2 heterocycles. The summed E-state index contributed by atoms with van der Waals surface area (Å²) in [6, 6.07) is 2.05. The Morgan fingerprint density at radius 2 is 2.50 bits per heavy atom. The first-order valence-corrected chi connectivity index (χ1v) is 5.55. The third-order valence-electron chi connectivity index (χ3n) is 2.44. The summed E-state index contributed by atoms with van der Waals surface area (Å²) < 4.78 is 4.97. The predicted octanol–water partition coefficient (Wildman–Crippen LogP) is 1.39. The van der Waals surface area contributed by atoms with Crippen LogP contribution in [0.25, 0.3) is 0 Å². The maximum Gasteiger partial charge on any atom is 0.264 e. The third-order valence-corrected chi connectivity index (χ3v) is 3.39. The Morgan fingerprint density at radius 1 is 1.64 bits per heavy atom. The fourth-order valence-corrected chi connectivity index (χ4v) is 2.56. The first-order chi connectivity index (χ1) is 6.83. The number of hydrogen-bond donors (Lipinski definition) is 0. The van der Waals surface area contributed by atoms with Crippen LogP contribution in [0, 0.1) is 0 Å². The van der Waals surface area contributed by atoms with Gasteiger partial charge >= 0.3 is 0 Å². The fraction of sp³-hybridized carbons (Fsp3) is 0.500. The highest BCUT2D eigenvalue weighted by molar-refractivity contribution is 7.12. The first-order valence-electron chi connectivity index (χ1n) is 4.67. The first kappa shape index (κ1) is 9.68. The zero-order valence-corrected chi connectivity index (χ0v) is 8.97. The number of methoxy groups -OCH3 is 1. The molecule has 1 aliphatic heterocycles. The van der Waals surface area contributed by atoms with Gasteiger partial charge in [-0.3, -0.25) is 4.79 Å². The van der Waals surface area contributed by atoms with Gasteiger partial charge in [0.2, 0.25) is 0 Å². The lowest BCUT2D eigenvalue weighted by molar-refractivity contribution is 0.0685. The summed E-state index contributed by atoms with van der Waals surface area (Å²) in [5.74, 6) is 0.165. The lowest BCUT2D eigenvalue weighted by Crippen LogP contribution is -2.38. The molecule has 14 heavy (non-hydrogen) atoms. The molecule has 1 aliphatic rings. The topological polar surface area (TPSA) is 29.5 Å². The molecule has 0 atom stereocenters. The van der Waals surface area contributed by atoms with Crippen LogP contribution in [0.4, 0.5) is 0 Å². The van der Waals surface area contributed by atoms with Crippen LogP contribution in [0.3, 0.4) is 0 Å². The van der Waals surface area contributed by atoms with Gasteiger partial charge in [-0.2, -0.15) is 0 Å². The summed E-state index contributed by atoms with van der Waals surface area (Å²) >= 11 is 1.54. The smallest absolute Gasteiger partial charge is 0.264 e. The average molecular weight is 211 g/mol. The minimum absolute atomic E-state index is 0.165. The molecule has 3 nitrogen and oxygen atoms in total. The highest BCUT2D eigenvalue weighted by atomic mass is 32.1. The molecule has 0 aliphatic carbocycles. The van der Waals surface area contributed by atoms with Crippen molar-refractivity contribution in [1.29, 1.82) is 0 Å². The Labute approximate surface area is 87.3 Å². The Morgan fingerprint density at radius 3 is 3.29 bits per heavy atom. The van der Waals surface area contributed by atoms with Gasteiger partial charge in [-0.15, -0.1) is 11.3 Å². The molecule has 2 rings (SSSR count). The normalized spacial score (nSPS) is 15.8. The summed E-state index contributed by atoms with van der Waals surface area (Å²) in [5.41, 5.74) is 1.20. The quantitative estimate of drug-likeness (QED) is 0.756. The molecule has 1 amide bonds. The van der Waals surface area contributed by atoms with Gasteiger partial charge in [0.1, 0.15) is 0 Å². The lowest BCUT2D eigenvalue weighted by atomic mass is 10.1. The van der Waals surface area contributed by atoms with Crippen molar-refractivity contribution in [3.05, 3.63) is 21.9 Å². The number of hydrogen-bond acceptors (Lipinski definition) is 3. The number of carbonyl (C=O) groups excluding carboxylic acids is 1. The van der Waals surface area contributed by atoms with Crippen LogP contribution in [0.2, 0.25) is 0 Å². The van der Waals surface area contributed by atoms with Gasteiger partial charge in [0, 0.05) is 20.2 Å². The van der Waals surface area contributed by atoms with Gasteiger partial charge in [0.15, 0.2) is 0 Å². The summed E-state index contributed by atoms with van der Waals surface area (Å²) in [7, 11) is 1.66.